The van der Waals surface area contributed by atoms with Gasteiger partial charge in [-0.25, -0.2) is 0 Å². The van der Waals surface area contributed by atoms with Crippen molar-refractivity contribution in [3.63, 3.8) is 0 Å². The highest BCUT2D eigenvalue weighted by molar-refractivity contribution is 6.09. The first-order valence-electron chi connectivity index (χ1n) is 20.6. The molecule has 1 fully saturated rings. The number of aromatic nitrogens is 1. The molecule has 1 aliphatic heterocycles. The number of rotatable bonds is 18. The quantitative estimate of drug-likeness (QED) is 0.0577. The summed E-state index contributed by atoms with van der Waals surface area (Å²) in [4.78, 5) is 84.7. The summed E-state index contributed by atoms with van der Waals surface area (Å²) in [6.07, 6.45) is 6.26. The van der Waals surface area contributed by atoms with E-state index in [1.54, 1.807) is 91.1 Å². The second kappa shape index (κ2) is 21.1. The van der Waals surface area contributed by atoms with Crippen molar-refractivity contribution in [3.05, 3.63) is 175 Å². The molecule has 7 rings (SSSR count). The highest BCUT2D eigenvalue weighted by atomic mass is 16.5. The van der Waals surface area contributed by atoms with Crippen molar-refractivity contribution < 1.29 is 37.9 Å². The predicted octanol–water partition coefficient (Wildman–Crippen LogP) is 6.20. The van der Waals surface area contributed by atoms with E-state index in [1.165, 1.54) is 23.4 Å². The first kappa shape index (κ1) is 43.2. The number of hydrogen-bond donors (Lipinski definition) is 4. The number of furan rings is 1. The average molecular weight is 847 g/mol. The molecule has 0 spiro atoms. The van der Waals surface area contributed by atoms with E-state index >= 15 is 0 Å². The molecule has 1 aliphatic rings. The van der Waals surface area contributed by atoms with Gasteiger partial charge in [-0.1, -0.05) is 91.0 Å². The second-order valence-electron chi connectivity index (χ2n) is 14.8. The van der Waals surface area contributed by atoms with E-state index in [-0.39, 0.29) is 43.1 Å². The number of amides is 6. The normalized spacial score (nSPS) is 14.4. The maximum atomic E-state index is 14.7. The molecule has 3 heterocycles. The van der Waals surface area contributed by atoms with Crippen LogP contribution in [0, 0.1) is 0 Å². The molecule has 14 nitrogen and oxygen atoms in total. The van der Waals surface area contributed by atoms with Gasteiger partial charge < -0.3 is 25.1 Å². The van der Waals surface area contributed by atoms with Gasteiger partial charge in [0.25, 0.3) is 11.8 Å². The summed E-state index contributed by atoms with van der Waals surface area (Å²) in [6, 6.07) is 36.8. The molecule has 1 saturated heterocycles. The van der Waals surface area contributed by atoms with Gasteiger partial charge in [0.1, 0.15) is 17.8 Å². The number of piperidine rings is 1. The second-order valence-corrected chi connectivity index (χ2v) is 14.8. The fourth-order valence-corrected chi connectivity index (χ4v) is 7.27. The summed E-state index contributed by atoms with van der Waals surface area (Å²) in [5.74, 6) is -2.51. The Hall–Kier alpha value is -7.87. The lowest BCUT2D eigenvalue weighted by molar-refractivity contribution is -0.134. The third-order valence-corrected chi connectivity index (χ3v) is 10.5. The molecule has 0 radical (unpaired) electrons. The third kappa shape index (κ3) is 11.3. The van der Waals surface area contributed by atoms with Gasteiger partial charge in [0.15, 0.2) is 12.4 Å². The van der Waals surface area contributed by atoms with Crippen molar-refractivity contribution in [2.24, 2.45) is 0 Å². The van der Waals surface area contributed by atoms with Gasteiger partial charge in [-0.15, -0.1) is 0 Å². The van der Waals surface area contributed by atoms with Crippen LogP contribution in [0.5, 0.6) is 5.75 Å². The van der Waals surface area contributed by atoms with Gasteiger partial charge in [0.2, 0.25) is 23.6 Å². The van der Waals surface area contributed by atoms with E-state index < -0.39 is 35.7 Å². The highest BCUT2D eigenvalue weighted by Crippen LogP contribution is 2.33. The number of hydrogen-bond acceptors (Lipinski definition) is 9. The summed E-state index contributed by atoms with van der Waals surface area (Å²) >= 11 is 0. The number of nitrogens with zero attached hydrogens (tertiary/aromatic N) is 2. The first-order valence-corrected chi connectivity index (χ1v) is 20.6. The van der Waals surface area contributed by atoms with Gasteiger partial charge in [0, 0.05) is 43.2 Å². The van der Waals surface area contributed by atoms with E-state index in [1.807, 2.05) is 42.5 Å². The lowest BCUT2D eigenvalue weighted by atomic mass is 9.90. The summed E-state index contributed by atoms with van der Waals surface area (Å²) in [5.41, 5.74) is 4.01. The Morgan fingerprint density at radius 2 is 1.43 bits per heavy atom. The van der Waals surface area contributed by atoms with Crippen LogP contribution in [0.2, 0.25) is 0 Å². The van der Waals surface area contributed by atoms with Gasteiger partial charge in [-0.2, -0.15) is 0 Å². The Kier molecular flexibility index (Phi) is 14.5. The monoisotopic (exact) mass is 846 g/mol. The molecule has 3 atom stereocenters. The third-order valence-electron chi connectivity index (χ3n) is 10.5. The first-order chi connectivity index (χ1) is 30.7. The predicted molar refractivity (Wildman–Crippen MR) is 234 cm³/mol. The molecule has 320 valence electrons. The molecule has 0 saturated carbocycles. The Morgan fingerprint density at radius 3 is 2.10 bits per heavy atom. The number of carbonyl (C=O) groups excluding carboxylic acids is 6. The van der Waals surface area contributed by atoms with Crippen molar-refractivity contribution in [2.45, 2.75) is 43.7 Å². The minimum atomic E-state index is -1.28. The van der Waals surface area contributed by atoms with Crippen molar-refractivity contribution >= 4 is 41.1 Å². The molecule has 3 unspecified atom stereocenters. The van der Waals surface area contributed by atoms with Gasteiger partial charge in [-0.05, 0) is 84.0 Å². The summed E-state index contributed by atoms with van der Waals surface area (Å²) < 4.78 is 11.2. The fourth-order valence-electron chi connectivity index (χ4n) is 7.27. The minimum Gasteiger partial charge on any atom is -0.484 e. The molecule has 6 amide bonds. The lowest BCUT2D eigenvalue weighted by Crippen LogP contribution is -2.48. The van der Waals surface area contributed by atoms with E-state index in [9.17, 15) is 28.8 Å². The SMILES string of the molecule is O=C(COc1ccc(C2CCC(=O)NC2=O)cc1)NCCCCNC(=O)C(NC(=O)C(c1cccnc1)N(C(=O)c1ccco1)c1ccc(-c2ccccc2)cc1)c1ccccc1. The van der Waals surface area contributed by atoms with Crippen LogP contribution in [0.1, 0.15) is 70.9 Å². The van der Waals surface area contributed by atoms with Gasteiger partial charge in [-0.3, -0.25) is 44.0 Å². The van der Waals surface area contributed by atoms with Crippen molar-refractivity contribution in [2.75, 3.05) is 24.6 Å². The molecule has 4 aromatic carbocycles. The molecule has 6 aromatic rings. The molecule has 0 aliphatic carbocycles. The number of carbonyl (C=O) groups is 6. The van der Waals surface area contributed by atoms with Crippen LogP contribution in [-0.2, 0) is 24.0 Å². The number of anilines is 1. The molecule has 4 N–H and O–H groups in total. The van der Waals surface area contributed by atoms with Gasteiger partial charge in [0.05, 0.1) is 12.2 Å². The summed E-state index contributed by atoms with van der Waals surface area (Å²) in [7, 11) is 0. The Morgan fingerprint density at radius 1 is 0.746 bits per heavy atom. The van der Waals surface area contributed by atoms with Crippen LogP contribution in [0.3, 0.4) is 0 Å². The molecule has 14 heteroatoms. The number of nitrogens with one attached hydrogen (secondary N) is 4. The van der Waals surface area contributed by atoms with Crippen molar-refractivity contribution in [1.29, 1.82) is 0 Å². The van der Waals surface area contributed by atoms with Crippen molar-refractivity contribution in [3.8, 4) is 16.9 Å². The number of unbranched alkanes of at least 4 members (excludes halogenated alkanes) is 1. The summed E-state index contributed by atoms with van der Waals surface area (Å²) in [5, 5.41) is 11.0. The number of benzene rings is 4. The zero-order valence-corrected chi connectivity index (χ0v) is 34.3. The summed E-state index contributed by atoms with van der Waals surface area (Å²) in [6.45, 7) is 0.382. The smallest absolute Gasteiger partial charge is 0.294 e. The Labute approximate surface area is 364 Å². The number of ether oxygens (including phenoxy) is 1. The highest BCUT2D eigenvalue weighted by Gasteiger charge is 2.37. The van der Waals surface area contributed by atoms with Crippen LogP contribution in [0.25, 0.3) is 11.1 Å². The maximum absolute atomic E-state index is 14.7. The van der Waals surface area contributed by atoms with Crippen LogP contribution >= 0.6 is 0 Å². The Bertz CT molecular complexity index is 2480. The van der Waals surface area contributed by atoms with Crippen LogP contribution < -0.4 is 30.9 Å². The average Bonchev–Trinajstić information content (AvgIpc) is 3.87. The van der Waals surface area contributed by atoms with Crippen LogP contribution in [0.15, 0.2) is 157 Å². The zero-order chi connectivity index (χ0) is 44.0. The lowest BCUT2D eigenvalue weighted by Gasteiger charge is -2.32. The van der Waals surface area contributed by atoms with E-state index in [0.29, 0.717) is 48.4 Å². The molecular formula is C49H46N6O8. The van der Waals surface area contributed by atoms with E-state index in [4.69, 9.17) is 9.15 Å². The van der Waals surface area contributed by atoms with Crippen LogP contribution in [0.4, 0.5) is 5.69 Å². The largest absolute Gasteiger partial charge is 0.484 e. The molecular weight excluding hydrogens is 801 g/mol. The topological polar surface area (TPSA) is 189 Å². The molecule has 0 bridgehead atoms. The van der Waals surface area contributed by atoms with E-state index in [0.717, 1.165) is 16.7 Å². The minimum absolute atomic E-state index is 0.0169. The molecule has 2 aromatic heterocycles. The fraction of sp³-hybridized carbons (Fsp3) is 0.204. The Balaban J connectivity index is 0.976. The number of imide groups is 1. The van der Waals surface area contributed by atoms with Crippen LogP contribution in [-0.4, -0.2) is 60.1 Å². The van der Waals surface area contributed by atoms with Crippen molar-refractivity contribution in [1.82, 2.24) is 26.3 Å². The standard InChI is InChI=1S/C49H46N6O8/c56-42-26-25-40(46(58)53-42)35-19-23-39(24-20-35)63-32-43(57)51-28-7-8-29-52-47(59)44(36-13-5-2-6-14-36)54-48(60)45(37-15-9-27-50-31-37)55(49(61)41-16-10-30-62-41)38-21-17-34(18-22-38)33-11-3-1-4-12-33/h1-6,9-24,27,30-31,40,44-45H,7-8,25-26,28-29,32H2,(H,51,57)(H,52,59)(H,54,60)(H,53,56,58). The van der Waals surface area contributed by atoms with E-state index in [2.05, 4.69) is 26.3 Å². The maximum Gasteiger partial charge on any atom is 0.294 e. The molecule has 63 heavy (non-hydrogen) atoms. The number of pyridine rings is 1. The zero-order valence-electron chi connectivity index (χ0n) is 34.3. The van der Waals surface area contributed by atoms with Gasteiger partial charge >= 0.3 is 0 Å².